The van der Waals surface area contributed by atoms with Gasteiger partial charge in [0, 0.05) is 35.6 Å². The van der Waals surface area contributed by atoms with Gasteiger partial charge in [0.05, 0.1) is 5.02 Å². The maximum Gasteiger partial charge on any atom is 0.269 e. The zero-order chi connectivity index (χ0) is 17.8. The Balaban J connectivity index is 1.74. The molecule has 0 fully saturated rings. The zero-order valence-electron chi connectivity index (χ0n) is 13.5. The molecule has 0 aliphatic heterocycles. The summed E-state index contributed by atoms with van der Waals surface area (Å²) in [7, 11) is 0. The average Bonchev–Trinajstić information content (AvgIpc) is 2.97. The molecular weight excluding hydrogens is 374 g/mol. The van der Waals surface area contributed by atoms with E-state index in [1.54, 1.807) is 12.4 Å². The maximum absolute atomic E-state index is 12.6. The number of aromatic nitrogens is 1. The molecule has 2 aromatic heterocycles. The highest BCUT2D eigenvalue weighted by Gasteiger charge is 2.19. The number of thiophene rings is 1. The van der Waals surface area contributed by atoms with Gasteiger partial charge in [-0.1, -0.05) is 29.8 Å². The molecule has 1 N–H and O–H groups in total. The summed E-state index contributed by atoms with van der Waals surface area (Å²) < 4.78 is 0.979. The number of fused-ring (bicyclic) bond motifs is 1. The number of amides is 1. The summed E-state index contributed by atoms with van der Waals surface area (Å²) in [6.45, 7) is 3.28. The Morgan fingerprint density at radius 2 is 2.00 bits per heavy atom. The second-order valence-corrected chi connectivity index (χ2v) is 7.19. The first-order valence-corrected chi connectivity index (χ1v) is 9.36. The lowest BCUT2D eigenvalue weighted by atomic mass is 10.2. The molecule has 0 radical (unpaired) electrons. The van der Waals surface area contributed by atoms with Crippen LogP contribution in [-0.4, -0.2) is 27.4 Å². The normalized spacial score (nSPS) is 10.6. The van der Waals surface area contributed by atoms with Crippen molar-refractivity contribution in [1.29, 1.82) is 0 Å². The predicted molar refractivity (Wildman–Crippen MR) is 107 cm³/mol. The molecule has 0 spiro atoms. The third-order valence-corrected chi connectivity index (χ3v) is 5.79. The Bertz CT molecular complexity index is 911. The number of hydrogen-bond donors (Lipinski definition) is 1. The van der Waals surface area contributed by atoms with Crippen molar-refractivity contribution in [2.75, 3.05) is 6.54 Å². The Kier molecular flexibility index (Phi) is 5.63. The number of halogens is 1. The van der Waals surface area contributed by atoms with Gasteiger partial charge in [0.15, 0.2) is 5.11 Å². The van der Waals surface area contributed by atoms with Crippen molar-refractivity contribution >= 4 is 56.3 Å². The SMILES string of the molecule is CCN(Cc1ccncc1)C(=S)NC(=O)c1sc2ccccc2c1Cl. The van der Waals surface area contributed by atoms with Crippen molar-refractivity contribution in [3.63, 3.8) is 0 Å². The van der Waals surface area contributed by atoms with E-state index in [-0.39, 0.29) is 5.91 Å². The third-order valence-electron chi connectivity index (χ3n) is 3.75. The predicted octanol–water partition coefficient (Wildman–Crippen LogP) is 4.49. The van der Waals surface area contributed by atoms with E-state index in [0.717, 1.165) is 15.6 Å². The second kappa shape index (κ2) is 7.91. The minimum Gasteiger partial charge on any atom is -0.345 e. The lowest BCUT2D eigenvalue weighted by Gasteiger charge is -2.23. The van der Waals surface area contributed by atoms with E-state index in [0.29, 0.717) is 28.1 Å². The molecule has 0 atom stereocenters. The van der Waals surface area contributed by atoms with Crippen LogP contribution >= 0.6 is 35.2 Å². The quantitative estimate of drug-likeness (QED) is 0.668. The Hall–Kier alpha value is -2.02. The van der Waals surface area contributed by atoms with Gasteiger partial charge < -0.3 is 4.90 Å². The van der Waals surface area contributed by atoms with Gasteiger partial charge in [-0.3, -0.25) is 15.1 Å². The fourth-order valence-electron chi connectivity index (χ4n) is 2.43. The number of thiocarbonyl (C=S) groups is 1. The van der Waals surface area contributed by atoms with Gasteiger partial charge in [0.25, 0.3) is 5.91 Å². The first-order chi connectivity index (χ1) is 12.1. The minimum atomic E-state index is -0.274. The molecular formula is C18H16ClN3OS2. The monoisotopic (exact) mass is 389 g/mol. The van der Waals surface area contributed by atoms with Crippen LogP contribution in [0.15, 0.2) is 48.8 Å². The van der Waals surface area contributed by atoms with Crippen molar-refractivity contribution in [3.05, 3.63) is 64.3 Å². The second-order valence-electron chi connectivity index (χ2n) is 5.37. The summed E-state index contributed by atoms with van der Waals surface area (Å²) in [5.41, 5.74) is 1.08. The topological polar surface area (TPSA) is 45.2 Å². The Morgan fingerprint density at radius 1 is 1.28 bits per heavy atom. The summed E-state index contributed by atoms with van der Waals surface area (Å²) in [4.78, 5) is 19.0. The van der Waals surface area contributed by atoms with Crippen molar-refractivity contribution < 1.29 is 4.79 Å². The number of nitrogens with one attached hydrogen (secondary N) is 1. The summed E-state index contributed by atoms with van der Waals surface area (Å²) in [6.07, 6.45) is 3.48. The minimum absolute atomic E-state index is 0.274. The molecule has 1 aromatic carbocycles. The lowest BCUT2D eigenvalue weighted by molar-refractivity contribution is 0.0977. The molecule has 0 saturated carbocycles. The molecule has 1 amide bonds. The number of benzene rings is 1. The first-order valence-electron chi connectivity index (χ1n) is 7.76. The van der Waals surface area contributed by atoms with E-state index >= 15 is 0 Å². The first kappa shape index (κ1) is 17.8. The molecule has 3 aromatic rings. The molecule has 0 unspecified atom stereocenters. The molecule has 25 heavy (non-hydrogen) atoms. The molecule has 7 heteroatoms. The standard InChI is InChI=1S/C18H16ClN3OS2/c1-2-22(11-12-7-9-20-10-8-12)18(24)21-17(23)16-15(19)13-5-3-4-6-14(13)25-16/h3-10H,2,11H2,1H3,(H,21,23,24). The van der Waals surface area contributed by atoms with Crippen LogP contribution in [-0.2, 0) is 6.54 Å². The van der Waals surface area contributed by atoms with Crippen LogP contribution < -0.4 is 5.32 Å². The van der Waals surface area contributed by atoms with E-state index in [2.05, 4.69) is 10.3 Å². The van der Waals surface area contributed by atoms with Crippen LogP contribution in [0.25, 0.3) is 10.1 Å². The van der Waals surface area contributed by atoms with Crippen LogP contribution in [0.5, 0.6) is 0 Å². The fourth-order valence-corrected chi connectivity index (χ4v) is 4.13. The Morgan fingerprint density at radius 3 is 2.68 bits per heavy atom. The number of hydrogen-bond acceptors (Lipinski definition) is 4. The van der Waals surface area contributed by atoms with Crippen molar-refractivity contribution in [2.45, 2.75) is 13.5 Å². The van der Waals surface area contributed by atoms with E-state index < -0.39 is 0 Å². The lowest BCUT2D eigenvalue weighted by Crippen LogP contribution is -2.42. The van der Waals surface area contributed by atoms with Crippen LogP contribution in [0.2, 0.25) is 5.02 Å². The van der Waals surface area contributed by atoms with Gasteiger partial charge in [-0.2, -0.15) is 0 Å². The summed E-state index contributed by atoms with van der Waals surface area (Å²) >= 11 is 13.1. The largest absolute Gasteiger partial charge is 0.345 e. The molecule has 0 bridgehead atoms. The van der Waals surface area contributed by atoms with E-state index in [1.807, 2.05) is 48.2 Å². The highest BCUT2D eigenvalue weighted by atomic mass is 35.5. The van der Waals surface area contributed by atoms with Crippen molar-refractivity contribution in [2.24, 2.45) is 0 Å². The van der Waals surface area contributed by atoms with Crippen LogP contribution in [0.1, 0.15) is 22.2 Å². The van der Waals surface area contributed by atoms with E-state index in [4.69, 9.17) is 23.8 Å². The molecule has 2 heterocycles. The summed E-state index contributed by atoms with van der Waals surface area (Å²) in [5.74, 6) is -0.274. The molecule has 3 rings (SSSR count). The summed E-state index contributed by atoms with van der Waals surface area (Å²) in [5, 5.41) is 4.54. The zero-order valence-corrected chi connectivity index (χ0v) is 15.9. The van der Waals surface area contributed by atoms with E-state index in [9.17, 15) is 4.79 Å². The number of pyridine rings is 1. The fraction of sp³-hybridized carbons (Fsp3) is 0.167. The number of carbonyl (C=O) groups excluding carboxylic acids is 1. The third kappa shape index (κ3) is 3.98. The molecule has 0 aliphatic carbocycles. The van der Waals surface area contributed by atoms with Crippen molar-refractivity contribution in [1.82, 2.24) is 15.2 Å². The Labute approximate surface area is 160 Å². The number of carbonyl (C=O) groups is 1. The van der Waals surface area contributed by atoms with Gasteiger partial charge >= 0.3 is 0 Å². The molecule has 0 aliphatic rings. The van der Waals surface area contributed by atoms with Crippen LogP contribution in [0, 0.1) is 0 Å². The van der Waals surface area contributed by atoms with E-state index in [1.165, 1.54) is 11.3 Å². The van der Waals surface area contributed by atoms with Gasteiger partial charge in [-0.15, -0.1) is 11.3 Å². The average molecular weight is 390 g/mol. The van der Waals surface area contributed by atoms with Gasteiger partial charge in [0.2, 0.25) is 0 Å². The highest BCUT2D eigenvalue weighted by Crippen LogP contribution is 2.34. The maximum atomic E-state index is 12.6. The van der Waals surface area contributed by atoms with Gasteiger partial charge in [-0.25, -0.2) is 0 Å². The van der Waals surface area contributed by atoms with Crippen LogP contribution in [0.3, 0.4) is 0 Å². The molecule has 128 valence electrons. The number of rotatable bonds is 4. The van der Waals surface area contributed by atoms with Crippen molar-refractivity contribution in [3.8, 4) is 0 Å². The number of nitrogens with zero attached hydrogens (tertiary/aromatic N) is 2. The van der Waals surface area contributed by atoms with Gasteiger partial charge in [-0.05, 0) is 42.9 Å². The smallest absolute Gasteiger partial charge is 0.269 e. The van der Waals surface area contributed by atoms with Gasteiger partial charge in [0.1, 0.15) is 4.88 Å². The highest BCUT2D eigenvalue weighted by molar-refractivity contribution is 7.80. The summed E-state index contributed by atoms with van der Waals surface area (Å²) in [6, 6.07) is 11.5. The molecule has 4 nitrogen and oxygen atoms in total. The van der Waals surface area contributed by atoms with Crippen LogP contribution in [0.4, 0.5) is 0 Å². The molecule has 0 saturated heterocycles.